The molecular formula is C42H28Cl4F8N8O3S. The van der Waals surface area contributed by atoms with Gasteiger partial charge in [0.25, 0.3) is 5.91 Å². The Bertz CT molecular complexity index is 2700. The normalized spacial score (nSPS) is 12.7. The van der Waals surface area contributed by atoms with Crippen LogP contribution in [0, 0.1) is 11.6 Å². The zero-order valence-electron chi connectivity index (χ0n) is 33.3. The van der Waals surface area contributed by atoms with E-state index in [9.17, 15) is 39.9 Å². The number of allylic oxidation sites excluding steroid dienone is 2. The van der Waals surface area contributed by atoms with E-state index in [1.54, 1.807) is 0 Å². The Morgan fingerprint density at radius 3 is 1.39 bits per heavy atom. The molecule has 2 heterocycles. The summed E-state index contributed by atoms with van der Waals surface area (Å²) >= 11 is 29.1. The number of amides is 1. The Hall–Kier alpha value is -6.32. The summed E-state index contributed by atoms with van der Waals surface area (Å²) in [4.78, 5) is 19.9. The number of aliphatic imine (C=N–C) groups is 2. The highest BCUT2D eigenvalue weighted by Crippen LogP contribution is 2.41. The molecule has 0 fully saturated rings. The van der Waals surface area contributed by atoms with E-state index in [1.807, 2.05) is 0 Å². The predicted octanol–water partition coefficient (Wildman–Crippen LogP) is 12.1. The van der Waals surface area contributed by atoms with Gasteiger partial charge >= 0.3 is 12.4 Å². The largest absolute Gasteiger partial charge is 0.434 e. The van der Waals surface area contributed by atoms with E-state index in [0.717, 1.165) is 12.1 Å². The topological polar surface area (TPSA) is 170 Å². The lowest BCUT2D eigenvalue weighted by atomic mass is 9.99. The number of nitrogens with zero attached hydrogens (tertiary/aromatic N) is 4. The number of aromatic nitrogens is 2. The number of alkyl halides is 6. The van der Waals surface area contributed by atoms with Crippen molar-refractivity contribution in [2.75, 3.05) is 14.1 Å². The maximum Gasteiger partial charge on any atom is 0.434 e. The fourth-order valence-corrected chi connectivity index (χ4v) is 6.90. The SMILES string of the molecule is CNC(=O)c1c(-c2c(F)cccc2Cl)noc1C(=CN)C(=Nc1cccc(Cl)c1)C(F)(F)F.CNC(=S)c1c(-c2c(F)cccc2Cl)noc1C(=CN)C(=Nc1cccc(Cl)c1)C(F)(F)F. The highest BCUT2D eigenvalue weighted by molar-refractivity contribution is 7.80. The number of nitrogens with one attached hydrogen (secondary N) is 2. The summed E-state index contributed by atoms with van der Waals surface area (Å²) in [5.74, 6) is -3.70. The fourth-order valence-electron chi connectivity index (χ4n) is 5.84. The van der Waals surface area contributed by atoms with Crippen molar-refractivity contribution >= 4 is 103 Å². The maximum absolute atomic E-state index is 14.6. The Morgan fingerprint density at radius 2 is 1.05 bits per heavy atom. The number of hydrogen-bond acceptors (Lipinski definition) is 10. The van der Waals surface area contributed by atoms with Crippen LogP contribution in [0.1, 0.15) is 27.4 Å². The zero-order chi connectivity index (χ0) is 48.7. The first-order chi connectivity index (χ1) is 31.2. The van der Waals surface area contributed by atoms with Gasteiger partial charge in [-0.3, -0.25) is 4.79 Å². The van der Waals surface area contributed by atoms with Gasteiger partial charge in [0.1, 0.15) is 33.6 Å². The van der Waals surface area contributed by atoms with Crippen LogP contribution in [0.5, 0.6) is 0 Å². The molecule has 0 radical (unpaired) electrons. The summed E-state index contributed by atoms with van der Waals surface area (Å²) in [5, 5.41) is 12.4. The van der Waals surface area contributed by atoms with Gasteiger partial charge in [-0.1, -0.05) is 93.2 Å². The van der Waals surface area contributed by atoms with E-state index in [-0.39, 0.29) is 58.8 Å². The molecule has 11 nitrogen and oxygen atoms in total. The first-order valence-electron chi connectivity index (χ1n) is 18.2. The smallest absolute Gasteiger partial charge is 0.404 e. The highest BCUT2D eigenvalue weighted by Gasteiger charge is 2.43. The van der Waals surface area contributed by atoms with Crippen LogP contribution >= 0.6 is 58.6 Å². The van der Waals surface area contributed by atoms with Gasteiger partial charge in [0.15, 0.2) is 22.9 Å². The van der Waals surface area contributed by atoms with E-state index < -0.39 is 75.2 Å². The molecule has 6 N–H and O–H groups in total. The number of benzene rings is 4. The predicted molar refractivity (Wildman–Crippen MR) is 241 cm³/mol. The number of hydrogen-bond donors (Lipinski definition) is 4. The number of thiocarbonyl (C=S) groups is 1. The summed E-state index contributed by atoms with van der Waals surface area (Å²) in [6.45, 7) is 0. The Morgan fingerprint density at radius 1 is 0.652 bits per heavy atom. The lowest BCUT2D eigenvalue weighted by Gasteiger charge is -2.14. The van der Waals surface area contributed by atoms with Crippen LogP contribution in [-0.2, 0) is 0 Å². The summed E-state index contributed by atoms with van der Waals surface area (Å²) in [6.07, 6.45) is -8.77. The van der Waals surface area contributed by atoms with Gasteiger partial charge in [-0.25, -0.2) is 18.8 Å². The van der Waals surface area contributed by atoms with Gasteiger partial charge in [-0.2, -0.15) is 26.3 Å². The minimum atomic E-state index is -5.03. The lowest BCUT2D eigenvalue weighted by Crippen LogP contribution is -2.26. The second-order valence-corrected chi connectivity index (χ2v) is 15.0. The van der Waals surface area contributed by atoms with Gasteiger partial charge in [0.05, 0.1) is 49.3 Å². The molecule has 24 heteroatoms. The number of nitrogens with two attached hydrogens (primary N) is 2. The van der Waals surface area contributed by atoms with Crippen LogP contribution in [0.15, 0.2) is 116 Å². The molecule has 6 aromatic rings. The van der Waals surface area contributed by atoms with Crippen LogP contribution in [0.3, 0.4) is 0 Å². The Balaban J connectivity index is 0.000000247. The molecule has 4 aromatic carbocycles. The molecule has 6 rings (SSSR count). The molecule has 0 saturated heterocycles. The summed E-state index contributed by atoms with van der Waals surface area (Å²) in [5.41, 5.74) is 4.76. The number of halogens is 12. The molecule has 66 heavy (non-hydrogen) atoms. The molecule has 0 atom stereocenters. The summed E-state index contributed by atoms with van der Waals surface area (Å²) in [6, 6.07) is 18.4. The van der Waals surface area contributed by atoms with Crippen molar-refractivity contribution in [1.82, 2.24) is 20.9 Å². The van der Waals surface area contributed by atoms with E-state index >= 15 is 0 Å². The second kappa shape index (κ2) is 21.3. The Labute approximate surface area is 393 Å². The van der Waals surface area contributed by atoms with Crippen LogP contribution in [0.25, 0.3) is 33.7 Å². The van der Waals surface area contributed by atoms with Crippen LogP contribution in [0.2, 0.25) is 20.1 Å². The van der Waals surface area contributed by atoms with Crippen molar-refractivity contribution in [3.63, 3.8) is 0 Å². The van der Waals surface area contributed by atoms with Crippen LogP contribution < -0.4 is 22.1 Å². The lowest BCUT2D eigenvalue weighted by molar-refractivity contribution is -0.0580. The van der Waals surface area contributed by atoms with Crippen LogP contribution in [0.4, 0.5) is 46.5 Å². The molecule has 0 aliphatic carbocycles. The van der Waals surface area contributed by atoms with E-state index in [1.165, 1.54) is 86.9 Å². The third kappa shape index (κ3) is 11.4. The monoisotopic (exact) mass is 1020 g/mol. The molecule has 0 spiro atoms. The number of rotatable bonds is 10. The van der Waals surface area contributed by atoms with Crippen molar-refractivity contribution < 1.29 is 49.0 Å². The fraction of sp³-hybridized carbons (Fsp3) is 0.0952. The summed E-state index contributed by atoms with van der Waals surface area (Å²) in [7, 11) is 2.66. The molecule has 0 aliphatic rings. The average molecular weight is 1020 g/mol. The first-order valence-corrected chi connectivity index (χ1v) is 20.1. The second-order valence-electron chi connectivity index (χ2n) is 12.9. The molecule has 0 saturated carbocycles. The molecule has 0 bridgehead atoms. The van der Waals surface area contributed by atoms with Crippen molar-refractivity contribution in [1.29, 1.82) is 0 Å². The average Bonchev–Trinajstić information content (AvgIpc) is 3.88. The zero-order valence-corrected chi connectivity index (χ0v) is 37.2. The molecular weight excluding hydrogens is 990 g/mol. The summed E-state index contributed by atoms with van der Waals surface area (Å²) < 4.78 is 124. The third-order valence-electron chi connectivity index (χ3n) is 8.66. The minimum Gasteiger partial charge on any atom is -0.404 e. The number of carbonyl (C=O) groups excluding carboxylic acids is 1. The molecule has 0 unspecified atom stereocenters. The Kier molecular flexibility index (Phi) is 16.4. The minimum absolute atomic E-state index is 0.0445. The van der Waals surface area contributed by atoms with E-state index in [4.69, 9.17) is 79.1 Å². The standard InChI is InChI=1S/C21H14Cl2F4N4O2.C21H14Cl2F4N4OS/c1-29-20(32)16-17(15-13(23)6-3-7-14(15)24)31-33-18(16)12(9-28)19(21(25,26)27)30-11-5-2-4-10(22)8-11;1-29-20(33)16-17(15-13(23)6-3-7-14(15)24)31-32-18(16)12(9-28)19(21(25,26)27)30-11-5-2-4-10(22)8-11/h2-9H,28H2,1H3,(H,29,32);2-9H,28H2,1H3,(H,29,33). The van der Waals surface area contributed by atoms with E-state index in [0.29, 0.717) is 12.4 Å². The third-order valence-corrected chi connectivity index (χ3v) is 10.2. The van der Waals surface area contributed by atoms with Crippen molar-refractivity contribution in [2.45, 2.75) is 12.4 Å². The molecule has 344 valence electrons. The molecule has 0 aliphatic heterocycles. The number of carbonyl (C=O) groups is 1. The van der Waals surface area contributed by atoms with Gasteiger partial charge in [-0.05, 0) is 60.7 Å². The highest BCUT2D eigenvalue weighted by atomic mass is 35.5. The van der Waals surface area contributed by atoms with E-state index in [2.05, 4.69) is 30.9 Å². The molecule has 2 aromatic heterocycles. The van der Waals surface area contributed by atoms with Gasteiger partial charge in [0.2, 0.25) is 0 Å². The van der Waals surface area contributed by atoms with Gasteiger partial charge in [-0.15, -0.1) is 0 Å². The van der Waals surface area contributed by atoms with Crippen molar-refractivity contribution in [3.05, 3.63) is 152 Å². The maximum atomic E-state index is 14.6. The van der Waals surface area contributed by atoms with Crippen molar-refractivity contribution in [2.24, 2.45) is 21.5 Å². The van der Waals surface area contributed by atoms with Crippen LogP contribution in [-0.4, -0.2) is 59.1 Å². The quantitative estimate of drug-likeness (QED) is 0.0592. The first kappa shape index (κ1) is 50.7. The van der Waals surface area contributed by atoms with Gasteiger partial charge in [0, 0.05) is 36.5 Å². The van der Waals surface area contributed by atoms with Gasteiger partial charge < -0.3 is 31.1 Å². The molecule has 1 amide bonds. The van der Waals surface area contributed by atoms with Crippen molar-refractivity contribution in [3.8, 4) is 22.5 Å².